The molecule has 7 nitrogen and oxygen atoms in total. The highest BCUT2D eigenvalue weighted by molar-refractivity contribution is 5.86. The van der Waals surface area contributed by atoms with E-state index < -0.39 is 18.2 Å². The van der Waals surface area contributed by atoms with E-state index in [4.69, 9.17) is 5.11 Å². The fourth-order valence-corrected chi connectivity index (χ4v) is 0.338. The molecule has 0 aliphatic heterocycles. The van der Waals surface area contributed by atoms with Crippen LogP contribution in [0.15, 0.2) is 12.7 Å². The number of imide groups is 1. The van der Waals surface area contributed by atoms with Crippen molar-refractivity contribution in [2.24, 2.45) is 0 Å². The van der Waals surface area contributed by atoms with E-state index in [0.29, 0.717) is 0 Å². The van der Waals surface area contributed by atoms with E-state index >= 15 is 0 Å². The topological polar surface area (TPSA) is 102 Å². The molecule has 2 amide bonds. The van der Waals surface area contributed by atoms with E-state index in [2.05, 4.69) is 16.1 Å². The minimum atomic E-state index is -1.41. The first kappa shape index (κ1) is 15.4. The SMILES string of the molecule is C=CC(=O)OC.CCOC(=O)NC(=O)O. The van der Waals surface area contributed by atoms with Crippen LogP contribution in [0.5, 0.6) is 0 Å². The van der Waals surface area contributed by atoms with Crippen molar-refractivity contribution in [2.45, 2.75) is 6.92 Å². The van der Waals surface area contributed by atoms with E-state index in [-0.39, 0.29) is 6.61 Å². The van der Waals surface area contributed by atoms with Gasteiger partial charge in [-0.3, -0.25) is 0 Å². The number of methoxy groups -OCH3 is 1. The van der Waals surface area contributed by atoms with Gasteiger partial charge >= 0.3 is 18.2 Å². The number of hydrogen-bond acceptors (Lipinski definition) is 5. The number of ether oxygens (including phenoxy) is 2. The van der Waals surface area contributed by atoms with Gasteiger partial charge in [0, 0.05) is 6.08 Å². The molecule has 0 rings (SSSR count). The highest BCUT2D eigenvalue weighted by Crippen LogP contribution is 1.74. The summed E-state index contributed by atoms with van der Waals surface area (Å²) in [5.74, 6) is -0.394. The summed E-state index contributed by atoms with van der Waals surface area (Å²) in [6.45, 7) is 4.91. The molecule has 0 heterocycles. The van der Waals surface area contributed by atoms with Crippen LogP contribution in [-0.2, 0) is 14.3 Å². The minimum Gasteiger partial charge on any atom is -0.466 e. The van der Waals surface area contributed by atoms with Crippen molar-refractivity contribution in [3.8, 4) is 0 Å². The van der Waals surface area contributed by atoms with Crippen molar-refractivity contribution in [2.75, 3.05) is 13.7 Å². The number of alkyl carbamates (subject to hydrolysis) is 1. The first-order chi connectivity index (χ1) is 6.97. The van der Waals surface area contributed by atoms with Crippen LogP contribution in [0.25, 0.3) is 0 Å². The zero-order valence-electron chi connectivity index (χ0n) is 8.48. The molecule has 0 bridgehead atoms. The number of carbonyl (C=O) groups excluding carboxylic acids is 2. The van der Waals surface area contributed by atoms with Crippen molar-refractivity contribution in [1.82, 2.24) is 5.32 Å². The maximum Gasteiger partial charge on any atom is 0.416 e. The standard InChI is InChI=1S/C4H7NO4.C4H6O2/c1-2-9-4(8)5-3(6)7;1-3-4(5)6-2/h2H2,1H3,(H,5,8)(H,6,7);3H,1H2,2H3. The van der Waals surface area contributed by atoms with Crippen molar-refractivity contribution in [1.29, 1.82) is 0 Å². The van der Waals surface area contributed by atoms with E-state index in [1.807, 2.05) is 0 Å². The number of esters is 1. The van der Waals surface area contributed by atoms with Gasteiger partial charge in [0.05, 0.1) is 13.7 Å². The van der Waals surface area contributed by atoms with Crippen LogP contribution in [-0.4, -0.2) is 37.0 Å². The highest BCUT2D eigenvalue weighted by Gasteiger charge is 2.02. The monoisotopic (exact) mass is 219 g/mol. The average Bonchev–Trinajstić information content (AvgIpc) is 2.16. The van der Waals surface area contributed by atoms with Gasteiger partial charge in [-0.05, 0) is 6.92 Å². The number of nitrogens with one attached hydrogen (secondary N) is 1. The molecule has 0 aromatic rings. The van der Waals surface area contributed by atoms with Crippen molar-refractivity contribution < 1.29 is 29.0 Å². The number of amides is 2. The Bertz CT molecular complexity index is 237. The molecule has 2 N–H and O–H groups in total. The molecule has 0 fully saturated rings. The quantitative estimate of drug-likeness (QED) is 0.525. The maximum absolute atomic E-state index is 10.1. The molecule has 0 saturated heterocycles. The third-order valence-electron chi connectivity index (χ3n) is 0.852. The zero-order chi connectivity index (χ0) is 12.3. The first-order valence-corrected chi connectivity index (χ1v) is 3.85. The summed E-state index contributed by atoms with van der Waals surface area (Å²) < 4.78 is 8.36. The molecule has 0 unspecified atom stereocenters. The van der Waals surface area contributed by atoms with Crippen LogP contribution in [0.4, 0.5) is 9.59 Å². The summed E-state index contributed by atoms with van der Waals surface area (Å²) in [4.78, 5) is 29.7. The van der Waals surface area contributed by atoms with Gasteiger partial charge < -0.3 is 14.6 Å². The summed E-state index contributed by atoms with van der Waals surface area (Å²) in [7, 11) is 1.31. The van der Waals surface area contributed by atoms with E-state index in [1.165, 1.54) is 12.4 Å². The van der Waals surface area contributed by atoms with E-state index in [9.17, 15) is 14.4 Å². The van der Waals surface area contributed by atoms with Gasteiger partial charge in [-0.15, -0.1) is 0 Å². The number of rotatable bonds is 2. The maximum atomic E-state index is 10.1. The Morgan fingerprint density at radius 2 is 2.00 bits per heavy atom. The fraction of sp³-hybridized carbons (Fsp3) is 0.375. The number of carbonyl (C=O) groups is 3. The summed E-state index contributed by atoms with van der Waals surface area (Å²) in [5.41, 5.74) is 0. The van der Waals surface area contributed by atoms with E-state index in [1.54, 1.807) is 6.92 Å². The molecule has 0 radical (unpaired) electrons. The van der Waals surface area contributed by atoms with Crippen LogP contribution in [0.3, 0.4) is 0 Å². The Balaban J connectivity index is 0. The second-order valence-electron chi connectivity index (χ2n) is 1.88. The summed E-state index contributed by atoms with van der Waals surface area (Å²) in [6.07, 6.45) is -1.24. The summed E-state index contributed by atoms with van der Waals surface area (Å²) in [5, 5.41) is 9.40. The van der Waals surface area contributed by atoms with Crippen molar-refractivity contribution in [3.63, 3.8) is 0 Å². The van der Waals surface area contributed by atoms with Crippen LogP contribution < -0.4 is 5.32 Å². The lowest BCUT2D eigenvalue weighted by Gasteiger charge is -1.97. The Hall–Kier alpha value is -2.05. The van der Waals surface area contributed by atoms with Gasteiger partial charge in [-0.25, -0.2) is 19.7 Å². The molecule has 15 heavy (non-hydrogen) atoms. The predicted octanol–water partition coefficient (Wildman–Crippen LogP) is 0.756. The lowest BCUT2D eigenvalue weighted by atomic mass is 10.7. The molecular weight excluding hydrogens is 206 g/mol. The molecule has 0 aromatic carbocycles. The van der Waals surface area contributed by atoms with Crippen LogP contribution in [0.2, 0.25) is 0 Å². The molecule has 0 spiro atoms. The minimum absolute atomic E-state index is 0.166. The zero-order valence-corrected chi connectivity index (χ0v) is 8.48. The second kappa shape index (κ2) is 10.0. The van der Waals surface area contributed by atoms with Gasteiger partial charge in [0.2, 0.25) is 0 Å². The Morgan fingerprint density at radius 3 is 2.20 bits per heavy atom. The lowest BCUT2D eigenvalue weighted by molar-refractivity contribution is -0.134. The smallest absolute Gasteiger partial charge is 0.416 e. The molecule has 0 aliphatic carbocycles. The normalized spacial score (nSPS) is 7.60. The van der Waals surface area contributed by atoms with Crippen molar-refractivity contribution >= 4 is 18.2 Å². The summed E-state index contributed by atoms with van der Waals surface area (Å²) in [6, 6.07) is 0. The Morgan fingerprint density at radius 1 is 1.47 bits per heavy atom. The molecule has 0 aliphatic rings. The molecule has 86 valence electrons. The third-order valence-corrected chi connectivity index (χ3v) is 0.852. The molecule has 7 heteroatoms. The average molecular weight is 219 g/mol. The Labute approximate surface area is 86.7 Å². The van der Waals surface area contributed by atoms with Gasteiger partial charge in [0.25, 0.3) is 0 Å². The molecule has 0 saturated carbocycles. The second-order valence-corrected chi connectivity index (χ2v) is 1.88. The van der Waals surface area contributed by atoms with Crippen LogP contribution >= 0.6 is 0 Å². The fourth-order valence-electron chi connectivity index (χ4n) is 0.338. The van der Waals surface area contributed by atoms with Gasteiger partial charge in [0.1, 0.15) is 0 Å². The van der Waals surface area contributed by atoms with Crippen LogP contribution in [0.1, 0.15) is 6.92 Å². The van der Waals surface area contributed by atoms with Crippen LogP contribution in [0, 0.1) is 0 Å². The summed E-state index contributed by atoms with van der Waals surface area (Å²) >= 11 is 0. The molecular formula is C8H13NO6. The van der Waals surface area contributed by atoms with Crippen molar-refractivity contribution in [3.05, 3.63) is 12.7 Å². The predicted molar refractivity (Wildman–Crippen MR) is 50.4 cm³/mol. The third kappa shape index (κ3) is 14.8. The van der Waals surface area contributed by atoms with E-state index in [0.717, 1.165) is 6.08 Å². The van der Waals surface area contributed by atoms with Gasteiger partial charge in [-0.2, -0.15) is 0 Å². The highest BCUT2D eigenvalue weighted by atomic mass is 16.6. The molecule has 0 atom stereocenters. The number of carboxylic acid groups (broad SMARTS) is 1. The Kier molecular flexibility index (Phi) is 10.3. The molecule has 0 aromatic heterocycles. The lowest BCUT2D eigenvalue weighted by Crippen LogP contribution is -2.29. The van der Waals surface area contributed by atoms with Gasteiger partial charge in [-0.1, -0.05) is 6.58 Å². The number of hydrogen-bond donors (Lipinski definition) is 2. The first-order valence-electron chi connectivity index (χ1n) is 3.85. The largest absolute Gasteiger partial charge is 0.466 e. The van der Waals surface area contributed by atoms with Gasteiger partial charge in [0.15, 0.2) is 0 Å².